The lowest BCUT2D eigenvalue weighted by molar-refractivity contribution is 0.513. The van der Waals surface area contributed by atoms with Gasteiger partial charge in [0.1, 0.15) is 5.76 Å². The van der Waals surface area contributed by atoms with Crippen molar-refractivity contribution in [2.24, 2.45) is 4.99 Å². The summed E-state index contributed by atoms with van der Waals surface area (Å²) in [6.45, 7) is 0.525. The second-order valence-electron chi connectivity index (χ2n) is 8.68. The van der Waals surface area contributed by atoms with E-state index in [9.17, 15) is 0 Å². The first-order valence-electron chi connectivity index (χ1n) is 11.1. The molecule has 0 bridgehead atoms. The van der Waals surface area contributed by atoms with Gasteiger partial charge in [0.05, 0.1) is 12.8 Å². The maximum absolute atomic E-state index is 6.81. The molecule has 0 aliphatic heterocycles. The fourth-order valence-electron chi connectivity index (χ4n) is 4.07. The summed E-state index contributed by atoms with van der Waals surface area (Å²) < 4.78 is 5.44. The van der Waals surface area contributed by atoms with E-state index in [0.717, 1.165) is 22.1 Å². The van der Waals surface area contributed by atoms with E-state index >= 15 is 0 Å². The van der Waals surface area contributed by atoms with Crippen LogP contribution >= 0.6 is 11.6 Å². The van der Waals surface area contributed by atoms with Gasteiger partial charge < -0.3 is 14.2 Å². The van der Waals surface area contributed by atoms with Gasteiger partial charge in [-0.15, -0.1) is 0 Å². The maximum atomic E-state index is 6.81. The molecule has 0 N–H and O–H groups in total. The molecular formula is C28H30ClN3O. The molecule has 1 heterocycles. The smallest absolute Gasteiger partial charge is 0.125 e. The van der Waals surface area contributed by atoms with Gasteiger partial charge in [-0.2, -0.15) is 0 Å². The van der Waals surface area contributed by atoms with E-state index in [1.54, 1.807) is 6.26 Å². The molecule has 170 valence electrons. The highest BCUT2D eigenvalue weighted by atomic mass is 35.5. The Morgan fingerprint density at radius 3 is 1.91 bits per heavy atom. The zero-order valence-corrected chi connectivity index (χ0v) is 20.4. The van der Waals surface area contributed by atoms with E-state index in [1.807, 2.05) is 24.3 Å². The zero-order chi connectivity index (χ0) is 23.4. The first-order chi connectivity index (χ1) is 15.9. The minimum Gasteiger partial charge on any atom is -0.467 e. The van der Waals surface area contributed by atoms with E-state index in [2.05, 4.69) is 86.5 Å². The van der Waals surface area contributed by atoms with Gasteiger partial charge in [0.15, 0.2) is 0 Å². The highest BCUT2D eigenvalue weighted by Crippen LogP contribution is 2.40. The summed E-state index contributed by atoms with van der Waals surface area (Å²) >= 11 is 6.81. The van der Waals surface area contributed by atoms with Crippen molar-refractivity contribution in [3.8, 4) is 0 Å². The Balaban J connectivity index is 1.71. The second kappa shape index (κ2) is 10.1. The number of benzene rings is 2. The lowest BCUT2D eigenvalue weighted by Crippen LogP contribution is -2.14. The van der Waals surface area contributed by atoms with Crippen LogP contribution in [0.2, 0.25) is 0 Å². The predicted molar refractivity (Wildman–Crippen MR) is 140 cm³/mol. The Morgan fingerprint density at radius 2 is 1.42 bits per heavy atom. The fraction of sp³-hybridized carbons (Fsp3) is 0.250. The minimum absolute atomic E-state index is 0.0451. The van der Waals surface area contributed by atoms with Crippen LogP contribution in [0.1, 0.15) is 29.2 Å². The molecule has 0 fully saturated rings. The Bertz CT molecular complexity index is 1100. The number of hydrogen-bond acceptors (Lipinski definition) is 4. The van der Waals surface area contributed by atoms with E-state index in [0.29, 0.717) is 13.0 Å². The van der Waals surface area contributed by atoms with Crippen LogP contribution in [-0.4, -0.2) is 33.9 Å². The van der Waals surface area contributed by atoms with Gasteiger partial charge in [0.2, 0.25) is 0 Å². The van der Waals surface area contributed by atoms with Crippen LogP contribution in [0.4, 0.5) is 11.4 Å². The summed E-state index contributed by atoms with van der Waals surface area (Å²) in [5, 5.41) is 0.783. The average molecular weight is 460 g/mol. The van der Waals surface area contributed by atoms with Gasteiger partial charge in [-0.1, -0.05) is 35.9 Å². The van der Waals surface area contributed by atoms with Gasteiger partial charge in [-0.25, -0.2) is 0 Å². The molecule has 5 heteroatoms. The SMILES string of the molecule is CN(C)c1ccc(C(C2=C(Cl)C=CC(=NCc3ccco3)C2)c2ccc(N(C)C)cc2)cc1. The summed E-state index contributed by atoms with van der Waals surface area (Å²) in [6.07, 6.45) is 6.36. The van der Waals surface area contributed by atoms with E-state index in [-0.39, 0.29) is 5.92 Å². The molecule has 4 nitrogen and oxygen atoms in total. The predicted octanol–water partition coefficient (Wildman–Crippen LogP) is 6.64. The molecule has 0 saturated heterocycles. The second-order valence-corrected chi connectivity index (χ2v) is 9.08. The molecule has 1 aromatic heterocycles. The topological polar surface area (TPSA) is 32.0 Å². The molecule has 0 atom stereocenters. The van der Waals surface area contributed by atoms with Crippen molar-refractivity contribution in [2.45, 2.75) is 18.9 Å². The van der Waals surface area contributed by atoms with Crippen LogP contribution in [0.15, 0.2) is 99.1 Å². The molecule has 1 aliphatic rings. The molecule has 3 aromatic rings. The Labute approximate surface area is 201 Å². The fourth-order valence-corrected chi connectivity index (χ4v) is 4.31. The number of anilines is 2. The molecule has 4 rings (SSSR count). The van der Waals surface area contributed by atoms with Crippen LogP contribution in [0.5, 0.6) is 0 Å². The molecular weight excluding hydrogens is 430 g/mol. The molecule has 2 aromatic carbocycles. The van der Waals surface area contributed by atoms with Crippen LogP contribution in [0.25, 0.3) is 0 Å². The highest BCUT2D eigenvalue weighted by Gasteiger charge is 2.24. The maximum Gasteiger partial charge on any atom is 0.125 e. The molecule has 33 heavy (non-hydrogen) atoms. The van der Waals surface area contributed by atoms with Gasteiger partial charge in [-0.3, -0.25) is 4.99 Å². The summed E-state index contributed by atoms with van der Waals surface area (Å²) in [6, 6.07) is 21.3. The number of nitrogens with zero attached hydrogens (tertiary/aromatic N) is 3. The van der Waals surface area contributed by atoms with Crippen LogP contribution in [0.3, 0.4) is 0 Å². The van der Waals surface area contributed by atoms with Gasteiger partial charge in [0, 0.05) is 62.6 Å². The summed E-state index contributed by atoms with van der Waals surface area (Å²) in [7, 11) is 8.22. The Hall–Kier alpha value is -3.24. The first-order valence-corrected chi connectivity index (χ1v) is 11.5. The first kappa shape index (κ1) is 22.9. The number of rotatable bonds is 7. The average Bonchev–Trinajstić information content (AvgIpc) is 3.34. The number of hydrogen-bond donors (Lipinski definition) is 0. The number of halogens is 1. The summed E-state index contributed by atoms with van der Waals surface area (Å²) in [5.74, 6) is 0.900. The lowest BCUT2D eigenvalue weighted by Gasteiger charge is -2.26. The minimum atomic E-state index is 0.0451. The normalized spacial score (nSPS) is 14.9. The van der Waals surface area contributed by atoms with Crippen molar-refractivity contribution in [3.05, 3.63) is 107 Å². The summed E-state index contributed by atoms with van der Waals surface area (Å²) in [4.78, 5) is 9.01. The van der Waals surface area contributed by atoms with Crippen molar-refractivity contribution in [3.63, 3.8) is 0 Å². The third kappa shape index (κ3) is 5.40. The van der Waals surface area contributed by atoms with Crippen LogP contribution in [-0.2, 0) is 6.54 Å². The molecule has 0 saturated carbocycles. The van der Waals surface area contributed by atoms with E-state index in [4.69, 9.17) is 21.0 Å². The quantitative estimate of drug-likeness (QED) is 0.397. The van der Waals surface area contributed by atoms with E-state index in [1.165, 1.54) is 22.5 Å². The van der Waals surface area contributed by atoms with Crippen molar-refractivity contribution >= 4 is 28.7 Å². The van der Waals surface area contributed by atoms with Crippen molar-refractivity contribution in [1.29, 1.82) is 0 Å². The van der Waals surface area contributed by atoms with Gasteiger partial charge in [-0.05, 0) is 65.3 Å². The Kier molecular flexibility index (Phi) is 7.05. The lowest BCUT2D eigenvalue weighted by atomic mass is 9.81. The molecule has 0 spiro atoms. The number of aliphatic imine (C=N–C) groups is 1. The van der Waals surface area contributed by atoms with E-state index < -0.39 is 0 Å². The standard InChI is InChI=1S/C28H30ClN3O/c1-31(2)23-12-7-20(8-13-23)28(21-9-14-24(15-10-21)32(3)4)26-18-22(11-16-27(26)29)30-19-25-6-5-17-33-25/h5-17,28H,18-19H2,1-4H3. The zero-order valence-electron chi connectivity index (χ0n) is 19.6. The van der Waals surface area contributed by atoms with Crippen LogP contribution < -0.4 is 9.80 Å². The molecule has 0 amide bonds. The van der Waals surface area contributed by atoms with Crippen molar-refractivity contribution in [2.75, 3.05) is 38.0 Å². The molecule has 1 aliphatic carbocycles. The van der Waals surface area contributed by atoms with Gasteiger partial charge >= 0.3 is 0 Å². The molecule has 0 radical (unpaired) electrons. The Morgan fingerprint density at radius 1 is 0.848 bits per heavy atom. The third-order valence-electron chi connectivity index (χ3n) is 5.95. The number of allylic oxidation sites excluding steroid dienone is 4. The van der Waals surface area contributed by atoms with Gasteiger partial charge in [0.25, 0.3) is 0 Å². The number of furan rings is 1. The highest BCUT2D eigenvalue weighted by molar-refractivity contribution is 6.32. The third-order valence-corrected chi connectivity index (χ3v) is 6.32. The van der Waals surface area contributed by atoms with Crippen molar-refractivity contribution in [1.82, 2.24) is 0 Å². The summed E-state index contributed by atoms with van der Waals surface area (Å²) in [5.41, 5.74) is 6.94. The monoisotopic (exact) mass is 459 g/mol. The molecule has 0 unspecified atom stereocenters. The van der Waals surface area contributed by atoms with Crippen LogP contribution in [0, 0.1) is 0 Å². The van der Waals surface area contributed by atoms with Crippen molar-refractivity contribution < 1.29 is 4.42 Å². The largest absolute Gasteiger partial charge is 0.467 e.